The average Bonchev–Trinajstić information content (AvgIpc) is 2.79. The normalized spacial score (nSPS) is 10.8. The number of carbonyl (C=O) groups excluding carboxylic acids is 1. The summed E-state index contributed by atoms with van der Waals surface area (Å²) in [5.74, 6) is 0.680. The molecule has 162 valence electrons. The van der Waals surface area contributed by atoms with Gasteiger partial charge in [0.2, 0.25) is 0 Å². The first kappa shape index (κ1) is 22.0. The molecule has 0 saturated carbocycles. The Labute approximate surface area is 180 Å². The molecule has 3 rings (SSSR count). The summed E-state index contributed by atoms with van der Waals surface area (Å²) in [6.45, 7) is 0. The third-order valence-electron chi connectivity index (χ3n) is 4.42. The molecule has 0 radical (unpaired) electrons. The van der Waals surface area contributed by atoms with Gasteiger partial charge in [0.15, 0.2) is 0 Å². The first-order valence-electron chi connectivity index (χ1n) is 9.17. The zero-order valence-electron chi connectivity index (χ0n) is 17.2. The summed E-state index contributed by atoms with van der Waals surface area (Å²) in [6, 6.07) is 17.5. The third kappa shape index (κ3) is 5.07. The van der Waals surface area contributed by atoms with Crippen LogP contribution in [0.4, 0.5) is 11.4 Å². The summed E-state index contributed by atoms with van der Waals surface area (Å²) in [4.78, 5) is 12.7. The largest absolute Gasteiger partial charge is 0.497 e. The number of anilines is 2. The number of benzene rings is 3. The van der Waals surface area contributed by atoms with Crippen molar-refractivity contribution in [1.82, 2.24) is 0 Å². The molecule has 8 nitrogen and oxygen atoms in total. The van der Waals surface area contributed by atoms with Gasteiger partial charge in [0.05, 0.1) is 32.6 Å². The minimum absolute atomic E-state index is 0.111. The van der Waals surface area contributed by atoms with Gasteiger partial charge in [0.1, 0.15) is 22.1 Å². The number of rotatable bonds is 8. The second-order valence-corrected chi connectivity index (χ2v) is 8.00. The minimum Gasteiger partial charge on any atom is -0.497 e. The van der Waals surface area contributed by atoms with Crippen LogP contribution in [0.2, 0.25) is 0 Å². The Morgan fingerprint density at radius 1 is 0.806 bits per heavy atom. The number of para-hydroxylation sites is 1. The zero-order valence-corrected chi connectivity index (χ0v) is 18.0. The van der Waals surface area contributed by atoms with E-state index in [4.69, 9.17) is 14.2 Å². The maximum atomic E-state index is 13.1. The Kier molecular flexibility index (Phi) is 6.66. The zero-order chi connectivity index (χ0) is 22.4. The second kappa shape index (κ2) is 9.40. The quantitative estimate of drug-likeness (QED) is 0.551. The monoisotopic (exact) mass is 442 g/mol. The van der Waals surface area contributed by atoms with E-state index in [-0.39, 0.29) is 21.9 Å². The van der Waals surface area contributed by atoms with E-state index in [0.29, 0.717) is 17.2 Å². The molecule has 0 heterocycles. The van der Waals surface area contributed by atoms with Crippen LogP contribution in [0.3, 0.4) is 0 Å². The maximum absolute atomic E-state index is 13.1. The van der Waals surface area contributed by atoms with Crippen LogP contribution in [0.1, 0.15) is 10.4 Å². The SMILES string of the molecule is COc1ccc(NC(=O)c2ccccc2NS(=O)(=O)c2cc(OC)ccc2OC)cc1. The van der Waals surface area contributed by atoms with Crippen LogP contribution >= 0.6 is 0 Å². The topological polar surface area (TPSA) is 103 Å². The number of amides is 1. The van der Waals surface area contributed by atoms with E-state index in [9.17, 15) is 13.2 Å². The van der Waals surface area contributed by atoms with Crippen molar-refractivity contribution in [2.75, 3.05) is 31.4 Å². The highest BCUT2D eigenvalue weighted by atomic mass is 32.2. The van der Waals surface area contributed by atoms with Crippen LogP contribution in [0, 0.1) is 0 Å². The van der Waals surface area contributed by atoms with Crippen LogP contribution in [-0.2, 0) is 10.0 Å². The molecule has 0 aliphatic carbocycles. The highest BCUT2D eigenvalue weighted by molar-refractivity contribution is 7.92. The van der Waals surface area contributed by atoms with E-state index in [1.807, 2.05) is 0 Å². The maximum Gasteiger partial charge on any atom is 0.265 e. The predicted molar refractivity (Wildman–Crippen MR) is 118 cm³/mol. The Hall–Kier alpha value is -3.72. The molecular weight excluding hydrogens is 420 g/mol. The molecule has 2 N–H and O–H groups in total. The van der Waals surface area contributed by atoms with Gasteiger partial charge in [-0.05, 0) is 48.5 Å². The molecule has 0 saturated heterocycles. The van der Waals surface area contributed by atoms with E-state index in [2.05, 4.69) is 10.0 Å². The van der Waals surface area contributed by atoms with E-state index >= 15 is 0 Å². The average molecular weight is 442 g/mol. The van der Waals surface area contributed by atoms with Crippen molar-refractivity contribution < 1.29 is 27.4 Å². The molecule has 1 amide bonds. The minimum atomic E-state index is -4.08. The Morgan fingerprint density at radius 2 is 1.45 bits per heavy atom. The highest BCUT2D eigenvalue weighted by Gasteiger charge is 2.23. The number of carbonyl (C=O) groups is 1. The van der Waals surface area contributed by atoms with Gasteiger partial charge in [-0.2, -0.15) is 0 Å². The van der Waals surface area contributed by atoms with Gasteiger partial charge in [0.25, 0.3) is 15.9 Å². The van der Waals surface area contributed by atoms with Crippen LogP contribution < -0.4 is 24.2 Å². The molecule has 0 unspecified atom stereocenters. The molecule has 0 bridgehead atoms. The lowest BCUT2D eigenvalue weighted by Gasteiger charge is -2.15. The van der Waals surface area contributed by atoms with Crippen molar-refractivity contribution in [2.24, 2.45) is 0 Å². The third-order valence-corrected chi connectivity index (χ3v) is 5.81. The molecule has 0 aliphatic heterocycles. The lowest BCUT2D eigenvalue weighted by atomic mass is 10.1. The van der Waals surface area contributed by atoms with Crippen LogP contribution in [0.25, 0.3) is 0 Å². The number of ether oxygens (including phenoxy) is 3. The Morgan fingerprint density at radius 3 is 2.10 bits per heavy atom. The Bertz CT molecular complexity index is 1180. The van der Waals surface area contributed by atoms with Gasteiger partial charge >= 0.3 is 0 Å². The van der Waals surface area contributed by atoms with E-state index in [1.165, 1.54) is 38.5 Å². The Balaban J connectivity index is 1.90. The van der Waals surface area contributed by atoms with E-state index in [0.717, 1.165) is 0 Å². The first-order chi connectivity index (χ1) is 14.9. The fraction of sp³-hybridized carbons (Fsp3) is 0.136. The fourth-order valence-electron chi connectivity index (χ4n) is 2.84. The molecule has 0 fully saturated rings. The number of hydrogen-bond acceptors (Lipinski definition) is 6. The molecule has 9 heteroatoms. The number of hydrogen-bond donors (Lipinski definition) is 2. The molecular formula is C22H22N2O6S. The molecule has 31 heavy (non-hydrogen) atoms. The molecule has 3 aromatic carbocycles. The summed E-state index contributed by atoms with van der Waals surface area (Å²) >= 11 is 0. The summed E-state index contributed by atoms with van der Waals surface area (Å²) in [5.41, 5.74) is 0.820. The number of nitrogens with one attached hydrogen (secondary N) is 2. The molecule has 0 spiro atoms. The standard InChI is InChI=1S/C22H22N2O6S/c1-28-16-10-8-15(9-11-16)23-22(25)18-6-4-5-7-19(18)24-31(26,27)21-14-17(29-2)12-13-20(21)30-3/h4-14,24H,1-3H3,(H,23,25). The first-order valence-corrected chi connectivity index (χ1v) is 10.7. The van der Waals surface area contributed by atoms with Gasteiger partial charge in [-0.1, -0.05) is 12.1 Å². The van der Waals surface area contributed by atoms with Gasteiger partial charge in [-0.3, -0.25) is 9.52 Å². The van der Waals surface area contributed by atoms with Crippen LogP contribution in [-0.4, -0.2) is 35.7 Å². The van der Waals surface area contributed by atoms with Crippen molar-refractivity contribution in [2.45, 2.75) is 4.90 Å². The molecule has 0 aliphatic rings. The van der Waals surface area contributed by atoms with Crippen molar-refractivity contribution in [3.05, 3.63) is 72.3 Å². The van der Waals surface area contributed by atoms with Crippen molar-refractivity contribution >= 4 is 27.3 Å². The van der Waals surface area contributed by atoms with Gasteiger partial charge in [-0.15, -0.1) is 0 Å². The number of sulfonamides is 1. The molecule has 3 aromatic rings. The molecule has 0 aromatic heterocycles. The van der Waals surface area contributed by atoms with Crippen molar-refractivity contribution in [1.29, 1.82) is 0 Å². The summed E-state index contributed by atoms with van der Waals surface area (Å²) in [7, 11) is 0.278. The van der Waals surface area contributed by atoms with Gasteiger partial charge in [-0.25, -0.2) is 8.42 Å². The summed E-state index contributed by atoms with van der Waals surface area (Å²) in [6.07, 6.45) is 0. The lowest BCUT2D eigenvalue weighted by molar-refractivity contribution is 0.102. The smallest absolute Gasteiger partial charge is 0.265 e. The van der Waals surface area contributed by atoms with E-state index < -0.39 is 15.9 Å². The van der Waals surface area contributed by atoms with E-state index in [1.54, 1.807) is 49.6 Å². The molecule has 0 atom stereocenters. The summed E-state index contributed by atoms with van der Waals surface area (Å²) < 4.78 is 44.0. The van der Waals surface area contributed by atoms with Gasteiger partial charge in [0, 0.05) is 11.8 Å². The summed E-state index contributed by atoms with van der Waals surface area (Å²) in [5, 5.41) is 2.74. The van der Waals surface area contributed by atoms with Crippen molar-refractivity contribution in [3.8, 4) is 17.2 Å². The van der Waals surface area contributed by atoms with Crippen molar-refractivity contribution in [3.63, 3.8) is 0 Å². The fourth-order valence-corrected chi connectivity index (χ4v) is 4.10. The predicted octanol–water partition coefficient (Wildman–Crippen LogP) is 3.77. The second-order valence-electron chi connectivity index (χ2n) is 6.35. The van der Waals surface area contributed by atoms with Crippen LogP contribution in [0.15, 0.2) is 71.6 Å². The van der Waals surface area contributed by atoms with Crippen LogP contribution in [0.5, 0.6) is 17.2 Å². The van der Waals surface area contributed by atoms with Gasteiger partial charge < -0.3 is 19.5 Å². The highest BCUT2D eigenvalue weighted by Crippen LogP contribution is 2.30. The number of methoxy groups -OCH3 is 3. The lowest BCUT2D eigenvalue weighted by Crippen LogP contribution is -2.19.